The minimum Gasteiger partial charge on any atom is -0.316 e. The zero-order valence-electron chi connectivity index (χ0n) is 8.01. The molecule has 0 aromatic heterocycles. The molecule has 0 aliphatic carbocycles. The minimum absolute atomic E-state index is 0.248. The summed E-state index contributed by atoms with van der Waals surface area (Å²) in [5, 5.41) is 12.3. The lowest BCUT2D eigenvalue weighted by Gasteiger charge is -2.28. The Hall–Kier alpha value is -0.550. The monoisotopic (exact) mass is 166 g/mol. The van der Waals surface area contributed by atoms with Gasteiger partial charge in [0.2, 0.25) is 0 Å². The van der Waals surface area contributed by atoms with Gasteiger partial charge in [-0.15, -0.1) is 0 Å². The maximum Gasteiger partial charge on any atom is 0.0661 e. The van der Waals surface area contributed by atoms with Crippen molar-refractivity contribution in [2.75, 3.05) is 13.1 Å². The molecule has 0 radical (unpaired) electrons. The lowest BCUT2D eigenvalue weighted by Crippen LogP contribution is -2.35. The molecule has 0 aromatic rings. The first-order valence-corrected chi connectivity index (χ1v) is 4.86. The highest BCUT2D eigenvalue weighted by molar-refractivity contribution is 4.92. The summed E-state index contributed by atoms with van der Waals surface area (Å²) in [5.41, 5.74) is 0. The van der Waals surface area contributed by atoms with Crippen LogP contribution in [-0.4, -0.2) is 13.1 Å². The van der Waals surface area contributed by atoms with Gasteiger partial charge in [-0.1, -0.05) is 13.8 Å². The first-order chi connectivity index (χ1) is 5.75. The first kappa shape index (κ1) is 9.54. The summed E-state index contributed by atoms with van der Waals surface area (Å²) in [6.07, 6.45) is 2.46. The fraction of sp³-hybridized carbons (Fsp3) is 0.900. The van der Waals surface area contributed by atoms with Crippen LogP contribution in [0.5, 0.6) is 0 Å². The second-order valence-corrected chi connectivity index (χ2v) is 4.01. The normalized spacial score (nSPS) is 26.7. The van der Waals surface area contributed by atoms with Crippen LogP contribution in [0.3, 0.4) is 0 Å². The molecule has 1 saturated heterocycles. The number of nitrogens with one attached hydrogen (secondary N) is 1. The average molecular weight is 166 g/mol. The first-order valence-electron chi connectivity index (χ1n) is 4.86. The summed E-state index contributed by atoms with van der Waals surface area (Å²) in [7, 11) is 0. The van der Waals surface area contributed by atoms with Crippen molar-refractivity contribution < 1.29 is 0 Å². The number of hydrogen-bond acceptors (Lipinski definition) is 2. The van der Waals surface area contributed by atoms with E-state index in [2.05, 4.69) is 25.2 Å². The molecule has 1 heterocycles. The van der Waals surface area contributed by atoms with Crippen molar-refractivity contribution >= 4 is 0 Å². The van der Waals surface area contributed by atoms with Crippen molar-refractivity contribution in [2.24, 2.45) is 17.8 Å². The molecule has 0 aromatic carbocycles. The summed E-state index contributed by atoms with van der Waals surface area (Å²) in [6.45, 7) is 6.45. The van der Waals surface area contributed by atoms with E-state index >= 15 is 0 Å². The average Bonchev–Trinajstić information content (AvgIpc) is 2.07. The summed E-state index contributed by atoms with van der Waals surface area (Å²) < 4.78 is 0. The lowest BCUT2D eigenvalue weighted by molar-refractivity contribution is 0.259. The second-order valence-electron chi connectivity index (χ2n) is 4.01. The van der Waals surface area contributed by atoms with Gasteiger partial charge in [0.15, 0.2) is 0 Å². The van der Waals surface area contributed by atoms with Crippen molar-refractivity contribution in [3.8, 4) is 6.07 Å². The van der Waals surface area contributed by atoms with E-state index in [9.17, 15) is 0 Å². The molecule has 2 unspecified atom stereocenters. The van der Waals surface area contributed by atoms with Crippen LogP contribution in [0.1, 0.15) is 26.7 Å². The molecule has 0 spiro atoms. The van der Waals surface area contributed by atoms with E-state index in [0.717, 1.165) is 13.1 Å². The highest BCUT2D eigenvalue weighted by Crippen LogP contribution is 2.25. The number of hydrogen-bond donors (Lipinski definition) is 1. The Morgan fingerprint density at radius 3 is 2.67 bits per heavy atom. The molecular weight excluding hydrogens is 148 g/mol. The van der Waals surface area contributed by atoms with E-state index in [1.54, 1.807) is 0 Å². The molecule has 2 atom stereocenters. The molecule has 1 N–H and O–H groups in total. The fourth-order valence-corrected chi connectivity index (χ4v) is 1.98. The van der Waals surface area contributed by atoms with E-state index in [4.69, 9.17) is 5.26 Å². The van der Waals surface area contributed by atoms with Gasteiger partial charge in [0, 0.05) is 0 Å². The van der Waals surface area contributed by atoms with Crippen molar-refractivity contribution in [1.82, 2.24) is 5.32 Å². The number of nitrogens with zero attached hydrogens (tertiary/aromatic N) is 1. The summed E-state index contributed by atoms with van der Waals surface area (Å²) >= 11 is 0. The molecule has 0 amide bonds. The van der Waals surface area contributed by atoms with Crippen LogP contribution in [0, 0.1) is 29.1 Å². The van der Waals surface area contributed by atoms with E-state index in [-0.39, 0.29) is 5.92 Å². The molecule has 2 heteroatoms. The van der Waals surface area contributed by atoms with Gasteiger partial charge in [-0.25, -0.2) is 0 Å². The van der Waals surface area contributed by atoms with Crippen molar-refractivity contribution in [1.29, 1.82) is 5.26 Å². The van der Waals surface area contributed by atoms with E-state index < -0.39 is 0 Å². The molecular formula is C10H18N2. The van der Waals surface area contributed by atoms with Gasteiger partial charge >= 0.3 is 0 Å². The second kappa shape index (κ2) is 4.47. The van der Waals surface area contributed by atoms with Crippen LogP contribution < -0.4 is 5.32 Å². The number of rotatable bonds is 2. The summed E-state index contributed by atoms with van der Waals surface area (Å²) in [5.74, 6) is 1.33. The Labute approximate surface area is 75.0 Å². The van der Waals surface area contributed by atoms with Gasteiger partial charge < -0.3 is 5.32 Å². The van der Waals surface area contributed by atoms with E-state index in [1.165, 1.54) is 12.8 Å². The SMILES string of the molecule is CC(C)C(C#N)C1CCCNC1. The molecule has 2 nitrogen and oxygen atoms in total. The highest BCUT2D eigenvalue weighted by Gasteiger charge is 2.25. The van der Waals surface area contributed by atoms with Crippen LogP contribution in [0.2, 0.25) is 0 Å². The topological polar surface area (TPSA) is 35.8 Å². The predicted octanol–water partition coefficient (Wildman–Crippen LogP) is 1.78. The van der Waals surface area contributed by atoms with Gasteiger partial charge in [0.05, 0.1) is 12.0 Å². The Kier molecular flexibility index (Phi) is 3.55. The van der Waals surface area contributed by atoms with Crippen molar-refractivity contribution in [3.05, 3.63) is 0 Å². The molecule has 0 bridgehead atoms. The quantitative estimate of drug-likeness (QED) is 0.678. The predicted molar refractivity (Wildman–Crippen MR) is 49.5 cm³/mol. The molecule has 1 aliphatic heterocycles. The zero-order valence-corrected chi connectivity index (χ0v) is 8.01. The van der Waals surface area contributed by atoms with Gasteiger partial charge in [0.1, 0.15) is 0 Å². The van der Waals surface area contributed by atoms with Crippen LogP contribution in [-0.2, 0) is 0 Å². The molecule has 0 saturated carbocycles. The summed E-state index contributed by atoms with van der Waals surface area (Å²) in [4.78, 5) is 0. The Morgan fingerprint density at radius 2 is 2.25 bits per heavy atom. The van der Waals surface area contributed by atoms with Crippen molar-refractivity contribution in [3.63, 3.8) is 0 Å². The zero-order chi connectivity index (χ0) is 8.97. The minimum atomic E-state index is 0.248. The highest BCUT2D eigenvalue weighted by atomic mass is 14.9. The maximum absolute atomic E-state index is 8.97. The third-order valence-electron chi connectivity index (χ3n) is 2.71. The fourth-order valence-electron chi connectivity index (χ4n) is 1.98. The standard InChI is InChI=1S/C10H18N2/c1-8(2)10(6-11)9-4-3-5-12-7-9/h8-10,12H,3-5,7H2,1-2H3. The van der Waals surface area contributed by atoms with E-state index in [1.807, 2.05) is 0 Å². The Balaban J connectivity index is 2.47. The Bertz CT molecular complexity index is 163. The Morgan fingerprint density at radius 1 is 1.50 bits per heavy atom. The number of nitriles is 1. The van der Waals surface area contributed by atoms with Gasteiger partial charge in [-0.05, 0) is 37.8 Å². The third kappa shape index (κ3) is 2.22. The molecule has 1 rings (SSSR count). The van der Waals surface area contributed by atoms with Gasteiger partial charge in [-0.2, -0.15) is 5.26 Å². The molecule has 68 valence electrons. The smallest absolute Gasteiger partial charge is 0.0661 e. The maximum atomic E-state index is 8.97. The van der Waals surface area contributed by atoms with Crippen LogP contribution >= 0.6 is 0 Å². The van der Waals surface area contributed by atoms with Gasteiger partial charge in [0.25, 0.3) is 0 Å². The van der Waals surface area contributed by atoms with E-state index in [0.29, 0.717) is 11.8 Å². The molecule has 1 aliphatic rings. The van der Waals surface area contributed by atoms with Crippen molar-refractivity contribution in [2.45, 2.75) is 26.7 Å². The molecule has 1 fully saturated rings. The largest absolute Gasteiger partial charge is 0.316 e. The van der Waals surface area contributed by atoms with Crippen LogP contribution in [0.15, 0.2) is 0 Å². The van der Waals surface area contributed by atoms with Gasteiger partial charge in [-0.3, -0.25) is 0 Å². The summed E-state index contributed by atoms with van der Waals surface area (Å²) in [6, 6.07) is 2.43. The molecule has 12 heavy (non-hydrogen) atoms. The van der Waals surface area contributed by atoms with Crippen LogP contribution in [0.25, 0.3) is 0 Å². The van der Waals surface area contributed by atoms with Crippen LogP contribution in [0.4, 0.5) is 0 Å². The third-order valence-corrected chi connectivity index (χ3v) is 2.71. The lowest BCUT2D eigenvalue weighted by atomic mass is 9.80. The number of piperidine rings is 1.